The Labute approximate surface area is 134 Å². The second kappa shape index (κ2) is 4.59. The zero-order valence-corrected chi connectivity index (χ0v) is 13.0. The number of fused-ring (bicyclic) bond motifs is 3. The van der Waals surface area contributed by atoms with E-state index >= 15 is 0 Å². The van der Waals surface area contributed by atoms with Crippen LogP contribution in [-0.4, -0.2) is 23.3 Å². The number of nitrogens with one attached hydrogen (secondary N) is 2. The third kappa shape index (κ3) is 1.67. The van der Waals surface area contributed by atoms with Crippen LogP contribution < -0.4 is 10.6 Å². The average Bonchev–Trinajstić information content (AvgIpc) is 2.81. The van der Waals surface area contributed by atoms with Crippen molar-refractivity contribution in [2.75, 3.05) is 17.2 Å². The summed E-state index contributed by atoms with van der Waals surface area (Å²) in [7, 11) is 0. The van der Waals surface area contributed by atoms with Crippen molar-refractivity contribution in [3.8, 4) is 0 Å². The number of likely N-dealkylation sites (N-methyl/N-ethyl adjacent to an activating group) is 1. The van der Waals surface area contributed by atoms with Crippen molar-refractivity contribution in [1.29, 1.82) is 0 Å². The molecule has 2 aliphatic rings. The standard InChI is InChI=1S/C18H17N3O2/c1-3-21-16(22)12-6-4-5-7-14(12)20-18(21)13-10-11(2)8-9-15(13)19-17(18)23/h4-10,20H,3H2,1-2H3,(H,19,23). The minimum atomic E-state index is -1.18. The fourth-order valence-electron chi connectivity index (χ4n) is 3.51. The predicted octanol–water partition coefficient (Wildman–Crippen LogP) is 2.69. The Balaban J connectivity index is 1.99. The van der Waals surface area contributed by atoms with Gasteiger partial charge in [-0.15, -0.1) is 0 Å². The summed E-state index contributed by atoms with van der Waals surface area (Å²) in [6.45, 7) is 4.29. The summed E-state index contributed by atoms with van der Waals surface area (Å²) in [5.41, 5.74) is 2.69. The first kappa shape index (κ1) is 13.8. The van der Waals surface area contributed by atoms with Gasteiger partial charge in [0.2, 0.25) is 5.66 Å². The van der Waals surface area contributed by atoms with E-state index in [4.69, 9.17) is 0 Å². The van der Waals surface area contributed by atoms with Crippen LogP contribution in [0.1, 0.15) is 28.4 Å². The molecule has 2 aliphatic heterocycles. The molecule has 0 saturated carbocycles. The van der Waals surface area contributed by atoms with Gasteiger partial charge in [-0.3, -0.25) is 9.59 Å². The number of benzene rings is 2. The highest BCUT2D eigenvalue weighted by Gasteiger charge is 2.55. The van der Waals surface area contributed by atoms with Gasteiger partial charge in [-0.25, -0.2) is 0 Å². The Morgan fingerprint density at radius 1 is 1.09 bits per heavy atom. The largest absolute Gasteiger partial charge is 0.350 e. The Morgan fingerprint density at radius 2 is 1.87 bits per heavy atom. The molecule has 0 radical (unpaired) electrons. The van der Waals surface area contributed by atoms with Gasteiger partial charge in [-0.05, 0) is 38.1 Å². The number of rotatable bonds is 1. The van der Waals surface area contributed by atoms with E-state index in [1.54, 1.807) is 11.0 Å². The van der Waals surface area contributed by atoms with Crippen molar-refractivity contribution < 1.29 is 9.59 Å². The van der Waals surface area contributed by atoms with Crippen LogP contribution >= 0.6 is 0 Å². The van der Waals surface area contributed by atoms with Crippen LogP contribution in [0.2, 0.25) is 0 Å². The van der Waals surface area contributed by atoms with E-state index in [1.807, 2.05) is 50.2 Å². The summed E-state index contributed by atoms with van der Waals surface area (Å²) < 4.78 is 0. The number of amides is 2. The van der Waals surface area contributed by atoms with Gasteiger partial charge in [0.15, 0.2) is 0 Å². The minimum absolute atomic E-state index is 0.133. The fourth-order valence-corrected chi connectivity index (χ4v) is 3.51. The van der Waals surface area contributed by atoms with Crippen molar-refractivity contribution in [2.45, 2.75) is 19.5 Å². The quantitative estimate of drug-likeness (QED) is 0.851. The fraction of sp³-hybridized carbons (Fsp3) is 0.222. The molecule has 1 atom stereocenters. The van der Waals surface area contributed by atoms with Crippen LogP contribution in [0.25, 0.3) is 0 Å². The van der Waals surface area contributed by atoms with Crippen LogP contribution in [0.4, 0.5) is 11.4 Å². The normalized spacial score (nSPS) is 21.7. The van der Waals surface area contributed by atoms with E-state index < -0.39 is 5.66 Å². The van der Waals surface area contributed by atoms with E-state index in [-0.39, 0.29) is 11.8 Å². The molecule has 0 aromatic heterocycles. The number of carbonyl (C=O) groups excluding carboxylic acids is 2. The van der Waals surface area contributed by atoms with Crippen LogP contribution in [0.5, 0.6) is 0 Å². The Bertz CT molecular complexity index is 846. The first-order chi connectivity index (χ1) is 11.1. The van der Waals surface area contributed by atoms with Gasteiger partial charge < -0.3 is 15.5 Å². The molecule has 0 saturated heterocycles. The zero-order chi connectivity index (χ0) is 16.2. The van der Waals surface area contributed by atoms with Crippen LogP contribution in [0.3, 0.4) is 0 Å². The molecule has 2 N–H and O–H groups in total. The van der Waals surface area contributed by atoms with Crippen molar-refractivity contribution in [2.24, 2.45) is 0 Å². The average molecular weight is 307 g/mol. The smallest absolute Gasteiger partial charge is 0.276 e. The first-order valence-electron chi connectivity index (χ1n) is 7.69. The van der Waals surface area contributed by atoms with Crippen molar-refractivity contribution in [3.63, 3.8) is 0 Å². The maximum Gasteiger partial charge on any atom is 0.276 e. The Hall–Kier alpha value is -2.82. The molecule has 2 aromatic rings. The highest BCUT2D eigenvalue weighted by atomic mass is 16.2. The van der Waals surface area contributed by atoms with Gasteiger partial charge in [0, 0.05) is 23.5 Å². The lowest BCUT2D eigenvalue weighted by atomic mass is 9.92. The van der Waals surface area contributed by atoms with Gasteiger partial charge in [0.1, 0.15) is 0 Å². The van der Waals surface area contributed by atoms with Crippen molar-refractivity contribution in [3.05, 3.63) is 59.2 Å². The summed E-state index contributed by atoms with van der Waals surface area (Å²) in [5.74, 6) is -0.353. The Morgan fingerprint density at radius 3 is 2.65 bits per heavy atom. The molecular weight excluding hydrogens is 290 g/mol. The highest BCUT2D eigenvalue weighted by Crippen LogP contribution is 2.45. The lowest BCUT2D eigenvalue weighted by molar-refractivity contribution is -0.125. The van der Waals surface area contributed by atoms with Crippen molar-refractivity contribution >= 4 is 23.2 Å². The van der Waals surface area contributed by atoms with Gasteiger partial charge in [-0.2, -0.15) is 0 Å². The molecule has 5 nitrogen and oxygen atoms in total. The number of aryl methyl sites for hydroxylation is 1. The predicted molar refractivity (Wildman–Crippen MR) is 88.3 cm³/mol. The third-order valence-electron chi connectivity index (χ3n) is 4.58. The van der Waals surface area contributed by atoms with Crippen molar-refractivity contribution in [1.82, 2.24) is 4.90 Å². The summed E-state index contributed by atoms with van der Waals surface area (Å²) >= 11 is 0. The second-order valence-electron chi connectivity index (χ2n) is 5.93. The number of hydrogen-bond donors (Lipinski definition) is 2. The number of hydrogen-bond acceptors (Lipinski definition) is 3. The number of para-hydroxylation sites is 1. The lowest BCUT2D eigenvalue weighted by Crippen LogP contribution is -2.61. The molecule has 1 spiro atoms. The van der Waals surface area contributed by atoms with Crippen LogP contribution in [0.15, 0.2) is 42.5 Å². The molecule has 2 aromatic carbocycles. The highest BCUT2D eigenvalue weighted by molar-refractivity contribution is 6.14. The maximum absolute atomic E-state index is 13.0. The van der Waals surface area contributed by atoms with Crippen LogP contribution in [0, 0.1) is 6.92 Å². The molecule has 0 aliphatic carbocycles. The molecule has 2 heterocycles. The van der Waals surface area contributed by atoms with Crippen LogP contribution in [-0.2, 0) is 10.5 Å². The molecule has 1 unspecified atom stereocenters. The monoisotopic (exact) mass is 307 g/mol. The van der Waals surface area contributed by atoms with Gasteiger partial charge in [0.05, 0.1) is 5.56 Å². The third-order valence-corrected chi connectivity index (χ3v) is 4.58. The summed E-state index contributed by atoms with van der Waals surface area (Å²) in [4.78, 5) is 27.4. The zero-order valence-electron chi connectivity index (χ0n) is 13.0. The Kier molecular flexibility index (Phi) is 2.75. The molecule has 0 fully saturated rings. The lowest BCUT2D eigenvalue weighted by Gasteiger charge is -2.44. The van der Waals surface area contributed by atoms with E-state index in [0.717, 1.165) is 16.8 Å². The molecule has 4 rings (SSSR count). The first-order valence-corrected chi connectivity index (χ1v) is 7.69. The summed E-state index contributed by atoms with van der Waals surface area (Å²) in [6, 6.07) is 13.1. The summed E-state index contributed by atoms with van der Waals surface area (Å²) in [5, 5.41) is 6.24. The molecule has 2 amide bonds. The summed E-state index contributed by atoms with van der Waals surface area (Å²) in [6.07, 6.45) is 0. The molecular formula is C18H17N3O2. The topological polar surface area (TPSA) is 61.4 Å². The molecule has 23 heavy (non-hydrogen) atoms. The molecule has 116 valence electrons. The van der Waals surface area contributed by atoms with E-state index in [1.165, 1.54) is 0 Å². The minimum Gasteiger partial charge on any atom is -0.350 e. The van der Waals surface area contributed by atoms with Gasteiger partial charge in [0.25, 0.3) is 11.8 Å². The van der Waals surface area contributed by atoms with E-state index in [9.17, 15) is 9.59 Å². The second-order valence-corrected chi connectivity index (χ2v) is 5.93. The SMILES string of the molecule is CCN1C(=O)c2ccccc2NC12C(=O)Nc1ccc(C)cc12. The van der Waals surface area contributed by atoms with E-state index in [2.05, 4.69) is 10.6 Å². The number of nitrogens with zero attached hydrogens (tertiary/aromatic N) is 1. The molecule has 0 bridgehead atoms. The number of carbonyl (C=O) groups is 2. The maximum atomic E-state index is 13.0. The van der Waals surface area contributed by atoms with Gasteiger partial charge >= 0.3 is 0 Å². The number of anilines is 2. The molecule has 5 heteroatoms. The van der Waals surface area contributed by atoms with Gasteiger partial charge in [-0.1, -0.05) is 23.8 Å². The van der Waals surface area contributed by atoms with E-state index in [0.29, 0.717) is 17.8 Å².